The number of likely N-dealkylation sites (tertiary alicyclic amines) is 3. The molecule has 3 fully saturated rings. The van der Waals surface area contributed by atoms with Gasteiger partial charge in [0, 0.05) is 61.0 Å². The summed E-state index contributed by atoms with van der Waals surface area (Å²) >= 11 is 0. The van der Waals surface area contributed by atoms with E-state index in [1.54, 1.807) is 11.1 Å². The summed E-state index contributed by atoms with van der Waals surface area (Å²) in [5, 5.41) is 28.1. The van der Waals surface area contributed by atoms with Crippen molar-refractivity contribution in [3.63, 3.8) is 0 Å². The number of pyridine rings is 1. The highest BCUT2D eigenvalue weighted by atomic mass is 16.4. The number of aryl methyl sites for hydroxylation is 1. The molecule has 15 nitrogen and oxygen atoms in total. The number of amides is 3. The molecule has 3 saturated heterocycles. The van der Waals surface area contributed by atoms with Gasteiger partial charge in [-0.1, -0.05) is 24.3 Å². The average Bonchev–Trinajstić information content (AvgIpc) is 3.89. The lowest BCUT2D eigenvalue weighted by atomic mass is 9.89. The molecule has 5 aromatic rings. The van der Waals surface area contributed by atoms with Gasteiger partial charge in [-0.25, -0.2) is 14.6 Å². The molecule has 0 saturated carbocycles. The van der Waals surface area contributed by atoms with E-state index in [4.69, 9.17) is 0 Å². The molecule has 1 atom stereocenters. The maximum absolute atomic E-state index is 14.3. The van der Waals surface area contributed by atoms with Crippen LogP contribution in [0.4, 0.5) is 4.79 Å². The summed E-state index contributed by atoms with van der Waals surface area (Å²) in [6.07, 6.45) is 6.85. The number of para-hydroxylation sites is 1. The smallest absolute Gasteiger partial charge is 0.375 e. The van der Waals surface area contributed by atoms with Gasteiger partial charge < -0.3 is 30.1 Å². The van der Waals surface area contributed by atoms with Crippen LogP contribution in [0.15, 0.2) is 53.5 Å². The number of nitrogens with zero attached hydrogens (tertiary/aromatic N) is 6. The second-order valence-corrected chi connectivity index (χ2v) is 15.1. The number of rotatable bonds is 8. The molecule has 6 heterocycles. The molecule has 0 aliphatic carbocycles. The van der Waals surface area contributed by atoms with Crippen molar-refractivity contribution < 1.29 is 19.5 Å². The van der Waals surface area contributed by atoms with E-state index in [2.05, 4.69) is 46.6 Å². The molecular weight excluding hydrogens is 688 g/mol. The second-order valence-electron chi connectivity index (χ2n) is 15.1. The van der Waals surface area contributed by atoms with Gasteiger partial charge in [-0.15, -0.1) is 5.10 Å². The number of carbonyl (C=O) groups excluding carboxylic acids is 2. The van der Waals surface area contributed by atoms with Crippen LogP contribution in [-0.2, 0) is 11.2 Å². The zero-order valence-corrected chi connectivity index (χ0v) is 30.4. The SMILES string of the molecule is Cc1cc(CC(NC(=O)N2CCC(c3cc4ccccc4[nH]c3=O)CC2)C(=O)N2CCC(N3CCC(c4nc(C(=O)O)n[nH]4)CC3)CC2)cc2cn[nH]c12. The number of hydrogen-bond donors (Lipinski definition) is 5. The highest BCUT2D eigenvalue weighted by Gasteiger charge is 2.35. The van der Waals surface area contributed by atoms with E-state index in [0.29, 0.717) is 57.3 Å². The molecule has 0 bridgehead atoms. The summed E-state index contributed by atoms with van der Waals surface area (Å²) in [5.41, 5.74) is 4.42. The topological polar surface area (TPSA) is 196 Å². The van der Waals surface area contributed by atoms with Crippen LogP contribution in [-0.4, -0.2) is 119 Å². The van der Waals surface area contributed by atoms with Crippen molar-refractivity contribution in [3.8, 4) is 0 Å². The highest BCUT2D eigenvalue weighted by Crippen LogP contribution is 2.30. The minimum absolute atomic E-state index is 0.0449. The molecule has 3 aliphatic rings. The molecular formula is C39H46N10O5. The summed E-state index contributed by atoms with van der Waals surface area (Å²) < 4.78 is 0. The molecule has 1 unspecified atom stereocenters. The first-order valence-electron chi connectivity index (χ1n) is 19.0. The molecule has 3 aromatic heterocycles. The number of aromatic carboxylic acids is 1. The summed E-state index contributed by atoms with van der Waals surface area (Å²) in [7, 11) is 0. The van der Waals surface area contributed by atoms with Crippen molar-refractivity contribution in [2.45, 2.75) is 75.8 Å². The van der Waals surface area contributed by atoms with Crippen LogP contribution >= 0.6 is 0 Å². The maximum Gasteiger partial charge on any atom is 0.375 e. The molecule has 3 aliphatic heterocycles. The number of nitrogens with one attached hydrogen (secondary N) is 4. The zero-order valence-electron chi connectivity index (χ0n) is 30.4. The number of aromatic amines is 3. The number of carbonyl (C=O) groups is 3. The Bertz CT molecular complexity index is 2220. The number of urea groups is 1. The van der Waals surface area contributed by atoms with Crippen molar-refractivity contribution in [3.05, 3.63) is 87.4 Å². The van der Waals surface area contributed by atoms with E-state index in [1.165, 1.54) is 0 Å². The van der Waals surface area contributed by atoms with Crippen LogP contribution in [0.5, 0.6) is 0 Å². The first-order chi connectivity index (χ1) is 26.2. The van der Waals surface area contributed by atoms with Gasteiger partial charge in [0.1, 0.15) is 11.9 Å². The third-order valence-electron chi connectivity index (χ3n) is 11.7. The Balaban J connectivity index is 0.907. The predicted molar refractivity (Wildman–Crippen MR) is 201 cm³/mol. The van der Waals surface area contributed by atoms with E-state index in [1.807, 2.05) is 48.2 Å². The number of carboxylic acids is 1. The number of benzene rings is 2. The second kappa shape index (κ2) is 15.0. The van der Waals surface area contributed by atoms with Crippen LogP contribution in [0.1, 0.15) is 83.5 Å². The molecule has 8 rings (SSSR count). The average molecular weight is 735 g/mol. The number of fused-ring (bicyclic) bond motifs is 2. The Hall–Kier alpha value is -5.57. The summed E-state index contributed by atoms with van der Waals surface area (Å²) in [6, 6.07) is 13.1. The van der Waals surface area contributed by atoms with Gasteiger partial charge in [-0.3, -0.25) is 19.8 Å². The molecule has 0 spiro atoms. The fourth-order valence-corrected chi connectivity index (χ4v) is 8.73. The lowest BCUT2D eigenvalue weighted by Gasteiger charge is -2.42. The first-order valence-corrected chi connectivity index (χ1v) is 19.0. The van der Waals surface area contributed by atoms with E-state index < -0.39 is 12.0 Å². The van der Waals surface area contributed by atoms with Gasteiger partial charge in [0.2, 0.25) is 5.91 Å². The minimum Gasteiger partial charge on any atom is -0.475 e. The summed E-state index contributed by atoms with van der Waals surface area (Å²) in [4.78, 5) is 65.6. The zero-order chi connectivity index (χ0) is 37.3. The molecule has 54 heavy (non-hydrogen) atoms. The number of hydrogen-bond acceptors (Lipinski definition) is 8. The predicted octanol–water partition coefficient (Wildman–Crippen LogP) is 3.90. The number of carboxylic acid groups (broad SMARTS) is 1. The van der Waals surface area contributed by atoms with Crippen molar-refractivity contribution in [2.24, 2.45) is 0 Å². The van der Waals surface area contributed by atoms with Crippen LogP contribution < -0.4 is 10.9 Å². The van der Waals surface area contributed by atoms with Crippen molar-refractivity contribution in [1.29, 1.82) is 0 Å². The lowest BCUT2D eigenvalue weighted by Crippen LogP contribution is -2.56. The van der Waals surface area contributed by atoms with E-state index in [0.717, 1.165) is 77.3 Å². The van der Waals surface area contributed by atoms with Gasteiger partial charge in [0.25, 0.3) is 11.4 Å². The Morgan fingerprint density at radius 1 is 0.889 bits per heavy atom. The summed E-state index contributed by atoms with van der Waals surface area (Å²) in [5.74, 6) is -0.595. The Kier molecular flexibility index (Phi) is 9.88. The number of H-pyrrole nitrogens is 3. The standard InChI is InChI=1S/C39H46N10O5/c1-23-18-24(19-28-22-40-44-33(23)28)20-32(42-39(54)49-14-6-25(7-15-49)30-21-27-4-2-3-5-31(27)41-36(30)50)37(51)48-16-10-29(11-17-48)47-12-8-26(9-13-47)34-43-35(38(52)53)46-45-34/h2-5,18-19,21-22,25-26,29,32H,6-17,20H2,1H3,(H,40,44)(H,41,50)(H,42,54)(H,52,53)(H,43,45,46). The number of piperidine rings is 3. The monoisotopic (exact) mass is 734 g/mol. The fraction of sp³-hybridized carbons (Fsp3) is 0.462. The Morgan fingerprint density at radius 3 is 2.35 bits per heavy atom. The molecule has 2 aromatic carbocycles. The van der Waals surface area contributed by atoms with Crippen LogP contribution in [0.25, 0.3) is 21.8 Å². The van der Waals surface area contributed by atoms with Crippen LogP contribution in [0.2, 0.25) is 0 Å². The quantitative estimate of drug-likeness (QED) is 0.157. The van der Waals surface area contributed by atoms with E-state index in [-0.39, 0.29) is 35.2 Å². The maximum atomic E-state index is 14.3. The van der Waals surface area contributed by atoms with Crippen LogP contribution in [0.3, 0.4) is 0 Å². The first kappa shape index (κ1) is 35.5. The van der Waals surface area contributed by atoms with Crippen LogP contribution in [0, 0.1) is 6.92 Å². The van der Waals surface area contributed by atoms with E-state index in [9.17, 15) is 24.3 Å². The van der Waals surface area contributed by atoms with Crippen molar-refractivity contribution in [1.82, 2.24) is 50.4 Å². The molecule has 0 radical (unpaired) electrons. The van der Waals surface area contributed by atoms with Gasteiger partial charge >= 0.3 is 12.0 Å². The van der Waals surface area contributed by atoms with Gasteiger partial charge in [0.05, 0.1) is 11.7 Å². The van der Waals surface area contributed by atoms with E-state index >= 15 is 0 Å². The normalized spacial score (nSPS) is 18.7. The van der Waals surface area contributed by atoms with Crippen molar-refractivity contribution in [2.75, 3.05) is 39.3 Å². The molecule has 282 valence electrons. The molecule has 15 heteroatoms. The Morgan fingerprint density at radius 2 is 1.61 bits per heavy atom. The van der Waals surface area contributed by atoms with Gasteiger partial charge in [-0.05, 0) is 99.2 Å². The summed E-state index contributed by atoms with van der Waals surface area (Å²) in [6.45, 7) is 5.93. The van der Waals surface area contributed by atoms with Crippen molar-refractivity contribution >= 4 is 39.7 Å². The minimum atomic E-state index is -1.14. The largest absolute Gasteiger partial charge is 0.475 e. The lowest BCUT2D eigenvalue weighted by molar-refractivity contribution is -0.135. The highest BCUT2D eigenvalue weighted by molar-refractivity contribution is 5.88. The van der Waals surface area contributed by atoms with Gasteiger partial charge in [0.15, 0.2) is 0 Å². The third kappa shape index (κ3) is 7.32. The molecule has 5 N–H and O–H groups in total. The Labute approximate surface area is 311 Å². The third-order valence-corrected chi connectivity index (χ3v) is 11.7. The fourth-order valence-electron chi connectivity index (χ4n) is 8.73. The van der Waals surface area contributed by atoms with Gasteiger partial charge in [-0.2, -0.15) is 5.10 Å². The number of aromatic nitrogens is 6. The molecule has 3 amide bonds.